The third kappa shape index (κ3) is 3.74. The Morgan fingerprint density at radius 1 is 1.50 bits per heavy atom. The number of methoxy groups -OCH3 is 1. The van der Waals surface area contributed by atoms with E-state index < -0.39 is 0 Å². The Morgan fingerprint density at radius 2 is 2.30 bits per heavy atom. The van der Waals surface area contributed by atoms with Gasteiger partial charge in [0.2, 0.25) is 0 Å². The summed E-state index contributed by atoms with van der Waals surface area (Å²) in [4.78, 5) is 0. The summed E-state index contributed by atoms with van der Waals surface area (Å²) in [7, 11) is 1.71. The van der Waals surface area contributed by atoms with Gasteiger partial charge in [0.15, 0.2) is 0 Å². The van der Waals surface area contributed by atoms with Crippen LogP contribution in [-0.2, 0) is 4.74 Å². The van der Waals surface area contributed by atoms with Gasteiger partial charge in [-0.2, -0.15) is 0 Å². The van der Waals surface area contributed by atoms with E-state index in [4.69, 9.17) is 9.47 Å². The molecule has 1 saturated heterocycles. The zero-order valence-electron chi connectivity index (χ0n) is 13.1. The Hall–Kier alpha value is -1.06. The predicted octanol–water partition coefficient (Wildman–Crippen LogP) is 3.69. The van der Waals surface area contributed by atoms with Crippen LogP contribution in [0.2, 0.25) is 0 Å². The van der Waals surface area contributed by atoms with Crippen LogP contribution >= 0.6 is 0 Å². The van der Waals surface area contributed by atoms with Crippen LogP contribution in [0.15, 0.2) is 24.3 Å². The normalized spacial score (nSPS) is 28.1. The minimum atomic E-state index is 0.0318. The summed E-state index contributed by atoms with van der Waals surface area (Å²) >= 11 is 0. The Labute approximate surface area is 122 Å². The van der Waals surface area contributed by atoms with Crippen LogP contribution in [0.4, 0.5) is 0 Å². The first-order chi connectivity index (χ1) is 9.56. The minimum absolute atomic E-state index is 0.0318. The molecule has 1 aromatic carbocycles. The van der Waals surface area contributed by atoms with Crippen molar-refractivity contribution in [3.05, 3.63) is 29.8 Å². The number of nitrogens with one attached hydrogen (secondary N) is 1. The van der Waals surface area contributed by atoms with Crippen LogP contribution in [0.25, 0.3) is 0 Å². The van der Waals surface area contributed by atoms with Gasteiger partial charge in [-0.15, -0.1) is 0 Å². The van der Waals surface area contributed by atoms with Crippen molar-refractivity contribution in [1.29, 1.82) is 0 Å². The third-order valence-electron chi connectivity index (χ3n) is 4.42. The molecule has 0 bridgehead atoms. The highest BCUT2D eigenvalue weighted by atomic mass is 16.5. The summed E-state index contributed by atoms with van der Waals surface area (Å²) in [6.45, 7) is 7.49. The molecule has 1 N–H and O–H groups in total. The molecule has 0 radical (unpaired) electrons. The van der Waals surface area contributed by atoms with Gasteiger partial charge in [0.05, 0.1) is 12.7 Å². The second-order valence-corrected chi connectivity index (χ2v) is 6.01. The average molecular weight is 277 g/mol. The molecule has 2 unspecified atom stereocenters. The van der Waals surface area contributed by atoms with Crippen molar-refractivity contribution in [2.24, 2.45) is 0 Å². The fourth-order valence-corrected chi connectivity index (χ4v) is 2.88. The van der Waals surface area contributed by atoms with Crippen molar-refractivity contribution in [2.45, 2.75) is 57.7 Å². The van der Waals surface area contributed by atoms with E-state index in [1.54, 1.807) is 7.11 Å². The van der Waals surface area contributed by atoms with Crippen molar-refractivity contribution in [1.82, 2.24) is 5.32 Å². The topological polar surface area (TPSA) is 30.5 Å². The largest absolute Gasteiger partial charge is 0.497 e. The predicted molar refractivity (Wildman–Crippen MR) is 82.2 cm³/mol. The van der Waals surface area contributed by atoms with E-state index in [2.05, 4.69) is 38.2 Å². The number of benzene rings is 1. The van der Waals surface area contributed by atoms with Crippen LogP contribution in [0.3, 0.4) is 0 Å². The van der Waals surface area contributed by atoms with Crippen molar-refractivity contribution in [3.8, 4) is 5.75 Å². The van der Waals surface area contributed by atoms with Gasteiger partial charge in [-0.3, -0.25) is 0 Å². The summed E-state index contributed by atoms with van der Waals surface area (Å²) in [5.41, 5.74) is 1.30. The maximum absolute atomic E-state index is 5.91. The molecular weight excluding hydrogens is 250 g/mol. The number of ether oxygens (including phenoxy) is 2. The summed E-state index contributed by atoms with van der Waals surface area (Å²) in [5.74, 6) is 0.918. The zero-order valence-corrected chi connectivity index (χ0v) is 13.1. The molecule has 3 atom stereocenters. The summed E-state index contributed by atoms with van der Waals surface area (Å²) in [6, 6.07) is 9.14. The van der Waals surface area contributed by atoms with Gasteiger partial charge in [-0.25, -0.2) is 0 Å². The Morgan fingerprint density at radius 3 is 3.00 bits per heavy atom. The van der Waals surface area contributed by atoms with Gasteiger partial charge in [0.1, 0.15) is 5.75 Å². The van der Waals surface area contributed by atoms with E-state index in [1.807, 2.05) is 12.1 Å². The Kier molecular flexibility index (Phi) is 5.06. The highest BCUT2D eigenvalue weighted by Crippen LogP contribution is 2.29. The van der Waals surface area contributed by atoms with E-state index in [-0.39, 0.29) is 5.60 Å². The first kappa shape index (κ1) is 15.3. The number of hydrogen-bond donors (Lipinski definition) is 1. The van der Waals surface area contributed by atoms with E-state index in [0.717, 1.165) is 31.6 Å². The number of rotatable bonds is 5. The maximum Gasteiger partial charge on any atom is 0.119 e. The molecule has 20 heavy (non-hydrogen) atoms. The molecule has 1 aromatic rings. The Bertz CT molecular complexity index is 435. The van der Waals surface area contributed by atoms with Crippen molar-refractivity contribution in [2.75, 3.05) is 13.7 Å². The third-order valence-corrected chi connectivity index (χ3v) is 4.42. The molecule has 0 spiro atoms. The van der Waals surface area contributed by atoms with E-state index in [0.29, 0.717) is 12.1 Å². The lowest BCUT2D eigenvalue weighted by molar-refractivity contribution is -0.0789. The molecule has 3 heteroatoms. The first-order valence-corrected chi connectivity index (χ1v) is 7.60. The highest BCUT2D eigenvalue weighted by Gasteiger charge is 2.32. The smallest absolute Gasteiger partial charge is 0.119 e. The van der Waals surface area contributed by atoms with Gasteiger partial charge in [-0.05, 0) is 50.8 Å². The first-order valence-electron chi connectivity index (χ1n) is 7.60. The maximum atomic E-state index is 5.91. The molecular formula is C17H27NO2. The minimum Gasteiger partial charge on any atom is -0.497 e. The second kappa shape index (κ2) is 6.59. The molecule has 0 aromatic heterocycles. The molecule has 1 fully saturated rings. The molecule has 3 nitrogen and oxygen atoms in total. The standard InChI is InChI=1S/C17H27NO2/c1-5-17(3)12-15(9-10-20-17)18-13(2)14-7-6-8-16(11-14)19-4/h6-8,11,13,15,18H,5,9-10,12H2,1-4H3/t13-,15?,17?/m0/s1. The van der Waals surface area contributed by atoms with Crippen LogP contribution in [0.5, 0.6) is 5.75 Å². The zero-order chi connectivity index (χ0) is 14.6. The monoisotopic (exact) mass is 277 g/mol. The van der Waals surface area contributed by atoms with Gasteiger partial charge in [-0.1, -0.05) is 19.1 Å². The summed E-state index contributed by atoms with van der Waals surface area (Å²) < 4.78 is 11.2. The molecule has 2 rings (SSSR count). The molecule has 112 valence electrons. The molecule has 0 saturated carbocycles. The lowest BCUT2D eigenvalue weighted by Crippen LogP contribution is -2.45. The molecule has 1 aliphatic rings. The van der Waals surface area contributed by atoms with E-state index in [9.17, 15) is 0 Å². The highest BCUT2D eigenvalue weighted by molar-refractivity contribution is 5.30. The van der Waals surface area contributed by atoms with Crippen LogP contribution in [0, 0.1) is 0 Å². The van der Waals surface area contributed by atoms with Gasteiger partial charge in [0.25, 0.3) is 0 Å². The summed E-state index contributed by atoms with van der Waals surface area (Å²) in [5, 5.41) is 3.74. The number of hydrogen-bond acceptors (Lipinski definition) is 3. The Balaban J connectivity index is 1.98. The van der Waals surface area contributed by atoms with E-state index >= 15 is 0 Å². The second-order valence-electron chi connectivity index (χ2n) is 6.01. The van der Waals surface area contributed by atoms with Crippen LogP contribution in [-0.4, -0.2) is 25.4 Å². The average Bonchev–Trinajstić information content (AvgIpc) is 2.47. The molecule has 1 aliphatic heterocycles. The summed E-state index contributed by atoms with van der Waals surface area (Å²) in [6.07, 6.45) is 3.24. The molecule has 0 amide bonds. The quantitative estimate of drug-likeness (QED) is 0.890. The molecule has 1 heterocycles. The fraction of sp³-hybridized carbons (Fsp3) is 0.647. The molecule has 0 aliphatic carbocycles. The van der Waals surface area contributed by atoms with Crippen LogP contribution in [0.1, 0.15) is 51.6 Å². The van der Waals surface area contributed by atoms with Crippen molar-refractivity contribution >= 4 is 0 Å². The van der Waals surface area contributed by atoms with Crippen molar-refractivity contribution < 1.29 is 9.47 Å². The SMILES string of the molecule is CCC1(C)CC(N[C@@H](C)c2cccc(OC)c2)CCO1. The van der Waals surface area contributed by atoms with Gasteiger partial charge in [0, 0.05) is 18.7 Å². The van der Waals surface area contributed by atoms with Gasteiger partial charge >= 0.3 is 0 Å². The van der Waals surface area contributed by atoms with Crippen LogP contribution < -0.4 is 10.1 Å². The van der Waals surface area contributed by atoms with E-state index in [1.165, 1.54) is 5.56 Å². The van der Waals surface area contributed by atoms with Crippen molar-refractivity contribution in [3.63, 3.8) is 0 Å². The fourth-order valence-electron chi connectivity index (χ4n) is 2.88. The lowest BCUT2D eigenvalue weighted by atomic mass is 9.89. The van der Waals surface area contributed by atoms with Gasteiger partial charge < -0.3 is 14.8 Å². The lowest BCUT2D eigenvalue weighted by Gasteiger charge is -2.39.